The molecule has 0 aromatic carbocycles. The van der Waals surface area contributed by atoms with Gasteiger partial charge in [-0.05, 0) is 18.9 Å². The first-order valence-corrected chi connectivity index (χ1v) is 6.91. The second kappa shape index (κ2) is 7.09. The number of nitrogens with one attached hydrogen (secondary N) is 2. The number of amides is 2. The molecule has 0 spiro atoms. The Morgan fingerprint density at radius 3 is 3.05 bits per heavy atom. The van der Waals surface area contributed by atoms with Gasteiger partial charge in [0.25, 0.3) is 0 Å². The van der Waals surface area contributed by atoms with E-state index in [1.807, 2.05) is 31.1 Å². The predicted octanol–water partition coefficient (Wildman–Crippen LogP) is 1.13. The summed E-state index contributed by atoms with van der Waals surface area (Å²) in [5, 5.41) is 5.68. The zero-order valence-corrected chi connectivity index (χ0v) is 12.1. The number of urea groups is 1. The molecule has 2 heterocycles. The molecule has 1 fully saturated rings. The topological polar surface area (TPSA) is 66.5 Å². The van der Waals surface area contributed by atoms with Gasteiger partial charge in [0.2, 0.25) is 0 Å². The molecule has 2 N–H and O–H groups in total. The third kappa shape index (κ3) is 4.09. The Morgan fingerprint density at radius 1 is 1.50 bits per heavy atom. The van der Waals surface area contributed by atoms with Gasteiger partial charge in [-0.25, -0.2) is 9.78 Å². The van der Waals surface area contributed by atoms with Gasteiger partial charge in [-0.3, -0.25) is 0 Å². The largest absolute Gasteiger partial charge is 0.376 e. The first-order valence-electron chi connectivity index (χ1n) is 6.91. The first-order chi connectivity index (χ1) is 9.66. The number of aromatic nitrogens is 1. The van der Waals surface area contributed by atoms with Crippen LogP contribution in [0.5, 0.6) is 0 Å². The van der Waals surface area contributed by atoms with Gasteiger partial charge in [-0.2, -0.15) is 0 Å². The quantitative estimate of drug-likeness (QED) is 0.847. The molecule has 110 valence electrons. The van der Waals surface area contributed by atoms with E-state index in [4.69, 9.17) is 4.74 Å². The molecule has 20 heavy (non-hydrogen) atoms. The molecule has 0 saturated carbocycles. The molecule has 1 aromatic rings. The van der Waals surface area contributed by atoms with Crippen LogP contribution in [0.25, 0.3) is 0 Å². The molecule has 0 aliphatic carbocycles. The zero-order chi connectivity index (χ0) is 14.4. The highest BCUT2D eigenvalue weighted by Crippen LogP contribution is 2.13. The van der Waals surface area contributed by atoms with Gasteiger partial charge >= 0.3 is 6.03 Å². The highest BCUT2D eigenvalue weighted by Gasteiger charge is 2.16. The van der Waals surface area contributed by atoms with E-state index in [1.165, 1.54) is 0 Å². The molecule has 1 aliphatic heterocycles. The van der Waals surface area contributed by atoms with E-state index in [1.54, 1.807) is 6.20 Å². The van der Waals surface area contributed by atoms with Crippen LogP contribution in [0.15, 0.2) is 18.3 Å². The van der Waals surface area contributed by atoms with Crippen molar-refractivity contribution in [2.75, 3.05) is 32.1 Å². The van der Waals surface area contributed by atoms with Crippen LogP contribution < -0.4 is 15.5 Å². The number of hydrogen-bond acceptors (Lipinski definition) is 4. The van der Waals surface area contributed by atoms with Crippen LogP contribution in [0.2, 0.25) is 0 Å². The van der Waals surface area contributed by atoms with Crippen LogP contribution in [-0.2, 0) is 11.3 Å². The summed E-state index contributed by atoms with van der Waals surface area (Å²) in [5.41, 5.74) is 0.991. The summed E-state index contributed by atoms with van der Waals surface area (Å²) in [7, 11) is 3.87. The summed E-state index contributed by atoms with van der Waals surface area (Å²) in [6.07, 6.45) is 4.01. The Kier molecular flexibility index (Phi) is 5.17. The Bertz CT molecular complexity index is 445. The molecule has 2 rings (SSSR count). The van der Waals surface area contributed by atoms with Gasteiger partial charge in [0, 0.05) is 45.6 Å². The molecule has 0 bridgehead atoms. The molecular weight excluding hydrogens is 256 g/mol. The lowest BCUT2D eigenvalue weighted by molar-refractivity contribution is 0.111. The number of hydrogen-bond donors (Lipinski definition) is 2. The fourth-order valence-corrected chi connectivity index (χ4v) is 2.22. The normalized spacial score (nSPS) is 17.8. The average molecular weight is 278 g/mol. The third-order valence-electron chi connectivity index (χ3n) is 3.24. The number of pyridine rings is 1. The fourth-order valence-electron chi connectivity index (χ4n) is 2.22. The summed E-state index contributed by atoms with van der Waals surface area (Å²) < 4.78 is 5.46. The molecule has 6 heteroatoms. The van der Waals surface area contributed by atoms with Crippen LogP contribution in [0.3, 0.4) is 0 Å². The van der Waals surface area contributed by atoms with Crippen molar-refractivity contribution in [3.63, 3.8) is 0 Å². The van der Waals surface area contributed by atoms with Gasteiger partial charge in [-0.15, -0.1) is 0 Å². The summed E-state index contributed by atoms with van der Waals surface area (Å²) >= 11 is 0. The van der Waals surface area contributed by atoms with Crippen LogP contribution >= 0.6 is 0 Å². The second-order valence-electron chi connectivity index (χ2n) is 5.08. The average Bonchev–Trinajstić information content (AvgIpc) is 2.96. The van der Waals surface area contributed by atoms with E-state index in [9.17, 15) is 4.79 Å². The van der Waals surface area contributed by atoms with E-state index in [-0.39, 0.29) is 12.1 Å². The van der Waals surface area contributed by atoms with Crippen molar-refractivity contribution in [1.82, 2.24) is 15.6 Å². The zero-order valence-electron chi connectivity index (χ0n) is 12.1. The second-order valence-corrected chi connectivity index (χ2v) is 5.08. The van der Waals surface area contributed by atoms with Crippen molar-refractivity contribution < 1.29 is 9.53 Å². The minimum atomic E-state index is -0.172. The maximum absolute atomic E-state index is 11.7. The number of anilines is 1. The van der Waals surface area contributed by atoms with Gasteiger partial charge in [-0.1, -0.05) is 6.07 Å². The van der Waals surface area contributed by atoms with Crippen molar-refractivity contribution in [2.45, 2.75) is 25.5 Å². The minimum absolute atomic E-state index is 0.163. The summed E-state index contributed by atoms with van der Waals surface area (Å²) in [4.78, 5) is 18.0. The van der Waals surface area contributed by atoms with Crippen molar-refractivity contribution in [3.05, 3.63) is 23.9 Å². The van der Waals surface area contributed by atoms with Crippen LogP contribution in [0.1, 0.15) is 18.4 Å². The van der Waals surface area contributed by atoms with Gasteiger partial charge < -0.3 is 20.3 Å². The Labute approximate surface area is 119 Å². The number of rotatable bonds is 5. The smallest absolute Gasteiger partial charge is 0.315 e. The monoisotopic (exact) mass is 278 g/mol. The van der Waals surface area contributed by atoms with E-state index in [2.05, 4.69) is 15.6 Å². The van der Waals surface area contributed by atoms with Crippen molar-refractivity contribution in [2.24, 2.45) is 0 Å². The SMILES string of the molecule is CN(C)c1ncccc1CNC(=O)NC[C@@H]1CCCO1. The van der Waals surface area contributed by atoms with Gasteiger partial charge in [0.05, 0.1) is 6.10 Å². The molecule has 0 unspecified atom stereocenters. The van der Waals surface area contributed by atoms with Gasteiger partial charge in [0.1, 0.15) is 5.82 Å². The van der Waals surface area contributed by atoms with Gasteiger partial charge in [0.15, 0.2) is 0 Å². The molecule has 6 nitrogen and oxygen atoms in total. The lowest BCUT2D eigenvalue weighted by atomic mass is 10.2. The van der Waals surface area contributed by atoms with Crippen molar-refractivity contribution in [3.8, 4) is 0 Å². The molecule has 1 aliphatic rings. The lowest BCUT2D eigenvalue weighted by Gasteiger charge is -2.16. The number of carbonyl (C=O) groups excluding carboxylic acids is 1. The lowest BCUT2D eigenvalue weighted by Crippen LogP contribution is -2.39. The van der Waals surface area contributed by atoms with Crippen molar-refractivity contribution in [1.29, 1.82) is 0 Å². The highest BCUT2D eigenvalue weighted by atomic mass is 16.5. The maximum Gasteiger partial charge on any atom is 0.315 e. The standard InChI is InChI=1S/C14H22N4O2/c1-18(2)13-11(5-3-7-15-13)9-16-14(19)17-10-12-6-4-8-20-12/h3,5,7,12H,4,6,8-10H2,1-2H3,(H2,16,17,19)/t12-/m0/s1. The number of carbonyl (C=O) groups is 1. The Morgan fingerprint density at radius 2 is 2.35 bits per heavy atom. The Hall–Kier alpha value is -1.82. The summed E-state index contributed by atoms with van der Waals surface area (Å²) in [6.45, 7) is 1.83. The molecule has 1 saturated heterocycles. The van der Waals surface area contributed by atoms with E-state index in [0.29, 0.717) is 13.1 Å². The predicted molar refractivity (Wildman–Crippen MR) is 77.8 cm³/mol. The summed E-state index contributed by atoms with van der Waals surface area (Å²) in [5.74, 6) is 0.868. The molecule has 1 aromatic heterocycles. The highest BCUT2D eigenvalue weighted by molar-refractivity contribution is 5.74. The first kappa shape index (κ1) is 14.6. The third-order valence-corrected chi connectivity index (χ3v) is 3.24. The molecule has 2 amide bonds. The minimum Gasteiger partial charge on any atom is -0.376 e. The van der Waals surface area contributed by atoms with E-state index in [0.717, 1.165) is 30.8 Å². The van der Waals surface area contributed by atoms with Crippen LogP contribution in [0.4, 0.5) is 10.6 Å². The van der Waals surface area contributed by atoms with E-state index < -0.39 is 0 Å². The molecule has 0 radical (unpaired) electrons. The molecule has 1 atom stereocenters. The Balaban J connectivity index is 1.78. The van der Waals surface area contributed by atoms with Crippen LogP contribution in [0, 0.1) is 0 Å². The van der Waals surface area contributed by atoms with E-state index >= 15 is 0 Å². The van der Waals surface area contributed by atoms with Crippen LogP contribution in [-0.4, -0.2) is 44.4 Å². The number of ether oxygens (including phenoxy) is 1. The van der Waals surface area contributed by atoms with Crippen molar-refractivity contribution >= 4 is 11.8 Å². The number of nitrogens with zero attached hydrogens (tertiary/aromatic N) is 2. The molecular formula is C14H22N4O2. The summed E-state index contributed by atoms with van der Waals surface area (Å²) in [6, 6.07) is 3.66. The maximum atomic E-state index is 11.7. The fraction of sp³-hybridized carbons (Fsp3) is 0.571.